The summed E-state index contributed by atoms with van der Waals surface area (Å²) in [4.78, 5) is 8.79. The molecule has 108 valence electrons. The third-order valence-corrected chi connectivity index (χ3v) is 4.78. The van der Waals surface area contributed by atoms with Crippen LogP contribution in [-0.4, -0.2) is 9.97 Å². The lowest BCUT2D eigenvalue weighted by molar-refractivity contribution is 0.628. The molecule has 0 saturated carbocycles. The number of rotatable bonds is 3. The van der Waals surface area contributed by atoms with Crippen molar-refractivity contribution in [3.8, 4) is 16.6 Å². The van der Waals surface area contributed by atoms with Crippen molar-refractivity contribution < 1.29 is 4.39 Å². The van der Waals surface area contributed by atoms with E-state index in [0.29, 0.717) is 16.3 Å². The predicted octanol–water partition coefficient (Wildman–Crippen LogP) is 4.78. The number of hydrogen-bond donors (Lipinski definition) is 0. The number of allylic oxidation sites excluding steroid dienone is 1. The van der Waals surface area contributed by atoms with Crippen LogP contribution in [0.25, 0.3) is 22.2 Å². The van der Waals surface area contributed by atoms with Gasteiger partial charge < -0.3 is 0 Å². The molecule has 1 aromatic carbocycles. The minimum atomic E-state index is -0.272. The van der Waals surface area contributed by atoms with Gasteiger partial charge in [0.25, 0.3) is 0 Å². The Labute approximate surface area is 135 Å². The van der Waals surface area contributed by atoms with Crippen molar-refractivity contribution in [3.05, 3.63) is 57.2 Å². The molecule has 2 heterocycles. The zero-order valence-electron chi connectivity index (χ0n) is 11.6. The zero-order valence-corrected chi connectivity index (χ0v) is 13.2. The SMILES string of the molecule is Cc1csc(/C(C#N)=C\c2csc(-c3ccc(F)cc3)n2)n1. The summed E-state index contributed by atoms with van der Waals surface area (Å²) < 4.78 is 12.9. The summed E-state index contributed by atoms with van der Waals surface area (Å²) in [6, 6.07) is 8.36. The molecular formula is C16H10FN3S2. The van der Waals surface area contributed by atoms with Gasteiger partial charge in [-0.1, -0.05) is 0 Å². The van der Waals surface area contributed by atoms with Gasteiger partial charge in [0.05, 0.1) is 11.3 Å². The van der Waals surface area contributed by atoms with E-state index in [4.69, 9.17) is 0 Å². The highest BCUT2D eigenvalue weighted by atomic mass is 32.1. The second kappa shape index (κ2) is 6.18. The van der Waals surface area contributed by atoms with Gasteiger partial charge in [0, 0.05) is 22.0 Å². The van der Waals surface area contributed by atoms with Crippen LogP contribution < -0.4 is 0 Å². The Bertz CT molecular complexity index is 869. The molecule has 2 aromatic heterocycles. The van der Waals surface area contributed by atoms with Crippen LogP contribution in [0.5, 0.6) is 0 Å². The maximum absolute atomic E-state index is 12.9. The van der Waals surface area contributed by atoms with Crippen molar-refractivity contribution >= 4 is 34.3 Å². The number of hydrogen-bond acceptors (Lipinski definition) is 5. The van der Waals surface area contributed by atoms with Crippen molar-refractivity contribution in [1.82, 2.24) is 9.97 Å². The number of halogens is 1. The number of aryl methyl sites for hydroxylation is 1. The van der Waals surface area contributed by atoms with Crippen LogP contribution in [0.2, 0.25) is 0 Å². The summed E-state index contributed by atoms with van der Waals surface area (Å²) in [5, 5.41) is 14.5. The first-order chi connectivity index (χ1) is 10.7. The number of nitriles is 1. The van der Waals surface area contributed by atoms with E-state index in [0.717, 1.165) is 16.3 Å². The van der Waals surface area contributed by atoms with Crippen LogP contribution >= 0.6 is 22.7 Å². The smallest absolute Gasteiger partial charge is 0.134 e. The molecular weight excluding hydrogens is 317 g/mol. The maximum atomic E-state index is 12.9. The number of aromatic nitrogens is 2. The van der Waals surface area contributed by atoms with Gasteiger partial charge in [-0.2, -0.15) is 5.26 Å². The molecule has 0 N–H and O–H groups in total. The van der Waals surface area contributed by atoms with E-state index in [-0.39, 0.29) is 5.82 Å². The van der Waals surface area contributed by atoms with Gasteiger partial charge in [0.2, 0.25) is 0 Å². The first-order valence-corrected chi connectivity index (χ1v) is 8.17. The fourth-order valence-corrected chi connectivity index (χ4v) is 3.39. The molecule has 0 aliphatic rings. The Kier molecular flexibility index (Phi) is 4.09. The average molecular weight is 327 g/mol. The standard InChI is InChI=1S/C16H10FN3S2/c1-10-8-21-16(19-10)12(7-18)6-14-9-22-15(20-14)11-2-4-13(17)5-3-11/h2-6,8-9H,1H3/b12-6-. The minimum absolute atomic E-state index is 0.272. The Morgan fingerprint density at radius 2 is 1.95 bits per heavy atom. The van der Waals surface area contributed by atoms with Gasteiger partial charge in [-0.25, -0.2) is 14.4 Å². The van der Waals surface area contributed by atoms with Crippen LogP contribution in [0.4, 0.5) is 4.39 Å². The van der Waals surface area contributed by atoms with E-state index in [1.54, 1.807) is 18.2 Å². The third kappa shape index (κ3) is 3.11. The summed E-state index contributed by atoms with van der Waals surface area (Å²) >= 11 is 2.90. The first-order valence-electron chi connectivity index (χ1n) is 6.41. The van der Waals surface area contributed by atoms with Crippen molar-refractivity contribution in [2.45, 2.75) is 6.92 Å². The Hall–Kier alpha value is -2.36. The molecule has 0 aliphatic heterocycles. The molecule has 0 fully saturated rings. The highest BCUT2D eigenvalue weighted by Crippen LogP contribution is 2.27. The Morgan fingerprint density at radius 1 is 1.18 bits per heavy atom. The van der Waals surface area contributed by atoms with E-state index in [1.807, 2.05) is 17.7 Å². The fourth-order valence-electron chi connectivity index (χ4n) is 1.84. The molecule has 0 bridgehead atoms. The summed E-state index contributed by atoms with van der Waals surface area (Å²) in [5.74, 6) is -0.272. The third-order valence-electron chi connectivity index (χ3n) is 2.88. The molecule has 0 aliphatic carbocycles. The molecule has 3 nitrogen and oxygen atoms in total. The van der Waals surface area contributed by atoms with Crippen LogP contribution in [0.15, 0.2) is 35.0 Å². The molecule has 0 unspecified atom stereocenters. The first kappa shape index (κ1) is 14.6. The van der Waals surface area contributed by atoms with Gasteiger partial charge in [0.15, 0.2) is 0 Å². The number of nitrogens with zero attached hydrogens (tertiary/aromatic N) is 3. The molecule has 0 amide bonds. The summed E-state index contributed by atoms with van der Waals surface area (Å²) in [5.41, 5.74) is 2.95. The van der Waals surface area contributed by atoms with E-state index in [2.05, 4.69) is 16.0 Å². The number of benzene rings is 1. The molecule has 0 spiro atoms. The maximum Gasteiger partial charge on any atom is 0.134 e. The summed E-state index contributed by atoms with van der Waals surface area (Å²) in [6.07, 6.45) is 1.72. The lowest BCUT2D eigenvalue weighted by atomic mass is 10.2. The molecule has 0 atom stereocenters. The van der Waals surface area contributed by atoms with E-state index in [1.165, 1.54) is 34.8 Å². The lowest BCUT2D eigenvalue weighted by Gasteiger charge is -1.95. The normalized spacial score (nSPS) is 11.4. The predicted molar refractivity (Wildman–Crippen MR) is 87.8 cm³/mol. The molecule has 0 radical (unpaired) electrons. The van der Waals surface area contributed by atoms with Crippen molar-refractivity contribution in [2.24, 2.45) is 0 Å². The molecule has 3 aromatic rings. The summed E-state index contributed by atoms with van der Waals surface area (Å²) in [6.45, 7) is 1.89. The fraction of sp³-hybridized carbons (Fsp3) is 0.0625. The van der Waals surface area contributed by atoms with Crippen LogP contribution in [0.3, 0.4) is 0 Å². The van der Waals surface area contributed by atoms with Gasteiger partial charge in [0.1, 0.15) is 21.9 Å². The topological polar surface area (TPSA) is 49.6 Å². The number of thiazole rings is 2. The quantitative estimate of drug-likeness (QED) is 0.651. The minimum Gasteiger partial charge on any atom is -0.241 e. The van der Waals surface area contributed by atoms with E-state index in [9.17, 15) is 9.65 Å². The molecule has 0 saturated heterocycles. The highest BCUT2D eigenvalue weighted by molar-refractivity contribution is 7.13. The molecule has 3 rings (SSSR count). The molecule has 6 heteroatoms. The van der Waals surface area contributed by atoms with Crippen LogP contribution in [0.1, 0.15) is 16.4 Å². The van der Waals surface area contributed by atoms with Crippen molar-refractivity contribution in [2.75, 3.05) is 0 Å². The van der Waals surface area contributed by atoms with Gasteiger partial charge in [-0.05, 0) is 37.3 Å². The van der Waals surface area contributed by atoms with Gasteiger partial charge >= 0.3 is 0 Å². The van der Waals surface area contributed by atoms with Crippen LogP contribution in [0, 0.1) is 24.1 Å². The van der Waals surface area contributed by atoms with Crippen molar-refractivity contribution in [3.63, 3.8) is 0 Å². The average Bonchev–Trinajstić information content (AvgIpc) is 3.15. The van der Waals surface area contributed by atoms with Crippen molar-refractivity contribution in [1.29, 1.82) is 5.26 Å². The van der Waals surface area contributed by atoms with Gasteiger partial charge in [-0.3, -0.25) is 0 Å². The second-order valence-electron chi connectivity index (χ2n) is 4.55. The largest absolute Gasteiger partial charge is 0.241 e. The van der Waals surface area contributed by atoms with Crippen LogP contribution in [-0.2, 0) is 0 Å². The van der Waals surface area contributed by atoms with E-state index >= 15 is 0 Å². The van der Waals surface area contributed by atoms with E-state index < -0.39 is 0 Å². The summed E-state index contributed by atoms with van der Waals surface area (Å²) in [7, 11) is 0. The second-order valence-corrected chi connectivity index (χ2v) is 6.26. The lowest BCUT2D eigenvalue weighted by Crippen LogP contribution is -1.82. The zero-order chi connectivity index (χ0) is 15.5. The Morgan fingerprint density at radius 3 is 2.59 bits per heavy atom. The van der Waals surface area contributed by atoms with Gasteiger partial charge in [-0.15, -0.1) is 22.7 Å². The monoisotopic (exact) mass is 327 g/mol. The Balaban J connectivity index is 1.91. The highest BCUT2D eigenvalue weighted by Gasteiger charge is 2.08. The molecule has 22 heavy (non-hydrogen) atoms.